The summed E-state index contributed by atoms with van der Waals surface area (Å²) in [6, 6.07) is 7.79. The van der Waals surface area contributed by atoms with Crippen molar-refractivity contribution in [3.63, 3.8) is 0 Å². The zero-order valence-electron chi connectivity index (χ0n) is 12.7. The maximum Gasteiger partial charge on any atom is 0.237 e. The lowest BCUT2D eigenvalue weighted by Gasteiger charge is -2.21. The summed E-state index contributed by atoms with van der Waals surface area (Å²) in [4.78, 5) is 8.69. The highest BCUT2D eigenvalue weighted by atomic mass is 16.5. The van der Waals surface area contributed by atoms with Crippen LogP contribution < -0.4 is 14.8 Å². The second-order valence-corrected chi connectivity index (χ2v) is 4.58. The van der Waals surface area contributed by atoms with Crippen LogP contribution in [0.25, 0.3) is 0 Å². The van der Waals surface area contributed by atoms with Gasteiger partial charge in [0.2, 0.25) is 5.88 Å². The molecule has 2 aromatic rings. The Labute approximate surface area is 125 Å². The number of para-hydroxylation sites is 1. The van der Waals surface area contributed by atoms with E-state index in [0.717, 1.165) is 30.0 Å². The quantitative estimate of drug-likeness (QED) is 0.848. The summed E-state index contributed by atoms with van der Waals surface area (Å²) in [5.41, 5.74) is 1.78. The molecule has 1 unspecified atom stereocenters. The number of nitrogens with one attached hydrogen (secondary N) is 1. The van der Waals surface area contributed by atoms with Crippen molar-refractivity contribution in [1.82, 2.24) is 15.3 Å². The Morgan fingerprint density at radius 3 is 2.57 bits per heavy atom. The number of hydrogen-bond acceptors (Lipinski definition) is 5. The molecule has 0 radical (unpaired) electrons. The Hall–Kier alpha value is -2.14. The van der Waals surface area contributed by atoms with Crippen LogP contribution in [-0.2, 0) is 0 Å². The summed E-state index contributed by atoms with van der Waals surface area (Å²) in [6.07, 6.45) is 4.32. The Balaban J connectivity index is 2.47. The summed E-state index contributed by atoms with van der Waals surface area (Å²) in [5, 5.41) is 3.49. The molecule has 5 heteroatoms. The van der Waals surface area contributed by atoms with Crippen molar-refractivity contribution in [3.05, 3.63) is 47.9 Å². The van der Waals surface area contributed by atoms with Crippen molar-refractivity contribution in [2.24, 2.45) is 0 Å². The third kappa shape index (κ3) is 3.49. The van der Waals surface area contributed by atoms with Gasteiger partial charge in [-0.1, -0.05) is 25.1 Å². The lowest BCUT2D eigenvalue weighted by molar-refractivity contribution is 0.377. The minimum atomic E-state index is -0.121. The molecular weight excluding hydrogens is 266 g/mol. The third-order valence-electron chi connectivity index (χ3n) is 3.21. The number of benzene rings is 1. The molecule has 1 N–H and O–H groups in total. The van der Waals surface area contributed by atoms with Gasteiger partial charge in [-0.15, -0.1) is 0 Å². The average Bonchev–Trinajstić information content (AvgIpc) is 2.56. The smallest absolute Gasteiger partial charge is 0.237 e. The van der Waals surface area contributed by atoms with Crippen LogP contribution in [-0.4, -0.2) is 30.7 Å². The molecule has 0 saturated carbocycles. The van der Waals surface area contributed by atoms with Gasteiger partial charge in [0.25, 0.3) is 0 Å². The van der Waals surface area contributed by atoms with Gasteiger partial charge in [-0.25, -0.2) is 4.98 Å². The van der Waals surface area contributed by atoms with Gasteiger partial charge in [-0.2, -0.15) is 0 Å². The topological polar surface area (TPSA) is 56.3 Å². The zero-order valence-corrected chi connectivity index (χ0v) is 12.7. The van der Waals surface area contributed by atoms with Gasteiger partial charge in [0.05, 0.1) is 20.3 Å². The van der Waals surface area contributed by atoms with Crippen LogP contribution in [0.5, 0.6) is 11.6 Å². The summed E-state index contributed by atoms with van der Waals surface area (Å²) in [6.45, 7) is 2.99. The first-order valence-electron chi connectivity index (χ1n) is 7.03. The first kappa shape index (κ1) is 15.3. The SMILES string of the molecule is CCCNC(c1ccccc1OC)c1nccnc1OC. The van der Waals surface area contributed by atoms with Crippen LogP contribution in [0.1, 0.15) is 30.6 Å². The van der Waals surface area contributed by atoms with Crippen molar-refractivity contribution < 1.29 is 9.47 Å². The molecule has 5 nitrogen and oxygen atoms in total. The average molecular weight is 287 g/mol. The van der Waals surface area contributed by atoms with E-state index in [9.17, 15) is 0 Å². The van der Waals surface area contributed by atoms with E-state index in [1.165, 1.54) is 0 Å². The normalized spacial score (nSPS) is 12.0. The first-order valence-corrected chi connectivity index (χ1v) is 7.03. The molecule has 112 valence electrons. The van der Waals surface area contributed by atoms with Gasteiger partial charge in [0.15, 0.2) is 0 Å². The molecule has 0 aliphatic heterocycles. The lowest BCUT2D eigenvalue weighted by Crippen LogP contribution is -2.25. The Bertz CT molecular complexity index is 527. The number of nitrogens with zero attached hydrogens (tertiary/aromatic N) is 2. The minimum Gasteiger partial charge on any atom is -0.496 e. The predicted molar refractivity (Wildman–Crippen MR) is 81.7 cm³/mol. The van der Waals surface area contributed by atoms with E-state index in [0.29, 0.717) is 5.88 Å². The molecule has 1 aromatic carbocycles. The van der Waals surface area contributed by atoms with Crippen LogP contribution >= 0.6 is 0 Å². The second kappa shape index (κ2) is 7.59. The van der Waals surface area contributed by atoms with Crippen molar-refractivity contribution >= 4 is 0 Å². The highest BCUT2D eigenvalue weighted by molar-refractivity contribution is 5.42. The molecule has 0 fully saturated rings. The largest absolute Gasteiger partial charge is 0.496 e. The van der Waals surface area contributed by atoms with Crippen molar-refractivity contribution in [2.45, 2.75) is 19.4 Å². The molecule has 0 aliphatic rings. The highest BCUT2D eigenvalue weighted by Crippen LogP contribution is 2.32. The van der Waals surface area contributed by atoms with E-state index < -0.39 is 0 Å². The van der Waals surface area contributed by atoms with Crippen molar-refractivity contribution in [1.29, 1.82) is 0 Å². The molecule has 0 spiro atoms. The number of hydrogen-bond donors (Lipinski definition) is 1. The molecule has 21 heavy (non-hydrogen) atoms. The summed E-state index contributed by atoms with van der Waals surface area (Å²) < 4.78 is 10.8. The van der Waals surface area contributed by atoms with Gasteiger partial charge in [-0.05, 0) is 19.0 Å². The van der Waals surface area contributed by atoms with Crippen LogP contribution in [0.15, 0.2) is 36.7 Å². The van der Waals surface area contributed by atoms with E-state index in [2.05, 4.69) is 22.2 Å². The number of ether oxygens (including phenoxy) is 2. The molecular formula is C16H21N3O2. The van der Waals surface area contributed by atoms with Crippen molar-refractivity contribution in [3.8, 4) is 11.6 Å². The number of rotatable bonds is 7. The van der Waals surface area contributed by atoms with Crippen LogP contribution in [0.4, 0.5) is 0 Å². The number of methoxy groups -OCH3 is 2. The summed E-state index contributed by atoms with van der Waals surface area (Å²) in [5.74, 6) is 1.34. The fourth-order valence-electron chi connectivity index (χ4n) is 2.24. The fraction of sp³-hybridized carbons (Fsp3) is 0.375. The second-order valence-electron chi connectivity index (χ2n) is 4.58. The van der Waals surface area contributed by atoms with Crippen LogP contribution in [0, 0.1) is 0 Å². The molecule has 0 saturated heterocycles. The lowest BCUT2D eigenvalue weighted by atomic mass is 10.0. The fourth-order valence-corrected chi connectivity index (χ4v) is 2.24. The standard InChI is InChI=1S/C16H21N3O2/c1-4-9-17-14(12-7-5-6-8-13(12)20-2)15-16(21-3)19-11-10-18-15/h5-8,10-11,14,17H,4,9H2,1-3H3. The van der Waals surface area contributed by atoms with Crippen LogP contribution in [0.2, 0.25) is 0 Å². The molecule has 1 aromatic heterocycles. The third-order valence-corrected chi connectivity index (χ3v) is 3.21. The number of aromatic nitrogens is 2. The predicted octanol–water partition coefficient (Wildman–Crippen LogP) is 2.58. The molecule has 0 aliphatic carbocycles. The minimum absolute atomic E-state index is 0.121. The maximum absolute atomic E-state index is 5.47. The summed E-state index contributed by atoms with van der Waals surface area (Å²) >= 11 is 0. The zero-order chi connectivity index (χ0) is 15.1. The maximum atomic E-state index is 5.47. The molecule has 1 heterocycles. The molecule has 1 atom stereocenters. The van der Waals surface area contributed by atoms with Gasteiger partial charge < -0.3 is 14.8 Å². The Kier molecular flexibility index (Phi) is 5.51. The Morgan fingerprint density at radius 1 is 1.10 bits per heavy atom. The van der Waals surface area contributed by atoms with E-state index in [1.807, 2.05) is 24.3 Å². The summed E-state index contributed by atoms with van der Waals surface area (Å²) in [7, 11) is 3.27. The van der Waals surface area contributed by atoms with Gasteiger partial charge in [-0.3, -0.25) is 4.98 Å². The monoisotopic (exact) mass is 287 g/mol. The van der Waals surface area contributed by atoms with Crippen LogP contribution in [0.3, 0.4) is 0 Å². The van der Waals surface area contributed by atoms with Gasteiger partial charge >= 0.3 is 0 Å². The van der Waals surface area contributed by atoms with E-state index in [1.54, 1.807) is 26.6 Å². The Morgan fingerprint density at radius 2 is 1.86 bits per heavy atom. The van der Waals surface area contributed by atoms with Crippen molar-refractivity contribution in [2.75, 3.05) is 20.8 Å². The molecule has 0 amide bonds. The van der Waals surface area contributed by atoms with E-state index in [-0.39, 0.29) is 6.04 Å². The highest BCUT2D eigenvalue weighted by Gasteiger charge is 2.22. The molecule has 0 bridgehead atoms. The first-order chi connectivity index (χ1) is 10.3. The van der Waals surface area contributed by atoms with Gasteiger partial charge in [0.1, 0.15) is 11.4 Å². The van der Waals surface area contributed by atoms with E-state index in [4.69, 9.17) is 9.47 Å². The van der Waals surface area contributed by atoms with Gasteiger partial charge in [0, 0.05) is 18.0 Å². The molecule has 2 rings (SSSR count). The van der Waals surface area contributed by atoms with E-state index >= 15 is 0 Å².